The highest BCUT2D eigenvalue weighted by atomic mass is 79.9. The van der Waals surface area contributed by atoms with Gasteiger partial charge in [-0.15, -0.1) is 0 Å². The van der Waals surface area contributed by atoms with Gasteiger partial charge in [-0.3, -0.25) is 0 Å². The van der Waals surface area contributed by atoms with Crippen molar-refractivity contribution in [2.24, 2.45) is 4.99 Å². The molecule has 128 valence electrons. The zero-order valence-corrected chi connectivity index (χ0v) is 16.8. The summed E-state index contributed by atoms with van der Waals surface area (Å²) in [7, 11) is 2.03. The van der Waals surface area contributed by atoms with E-state index < -0.39 is 0 Å². The molecule has 0 fully saturated rings. The van der Waals surface area contributed by atoms with Crippen LogP contribution in [0.15, 0.2) is 39.8 Å². The first-order chi connectivity index (χ1) is 11.4. The molecular formula is C19H22BrClN2O. The summed E-state index contributed by atoms with van der Waals surface area (Å²) in [6.45, 7) is 7.20. The lowest BCUT2D eigenvalue weighted by Gasteiger charge is -2.13. The third kappa shape index (κ3) is 5.25. The molecule has 0 spiro atoms. The Balaban J connectivity index is 2.23. The highest BCUT2D eigenvalue weighted by Gasteiger charge is 2.07. The van der Waals surface area contributed by atoms with Gasteiger partial charge in [0.2, 0.25) is 0 Å². The maximum absolute atomic E-state index is 6.08. The summed E-state index contributed by atoms with van der Waals surface area (Å²) >= 11 is 9.50. The van der Waals surface area contributed by atoms with Gasteiger partial charge in [0.05, 0.1) is 12.0 Å². The Bertz CT molecular complexity index is 726. The Labute approximate surface area is 157 Å². The standard InChI is InChI=1S/C19H22BrClN2O/c1-5-6-23(4)12-22-18-7-14(3)19(8-13(18)2)24-17-10-15(20)9-16(21)11-17/h7-12H,5-6H2,1-4H3/b22-12+. The maximum Gasteiger partial charge on any atom is 0.130 e. The minimum absolute atomic E-state index is 0.633. The zero-order valence-electron chi connectivity index (χ0n) is 14.4. The minimum Gasteiger partial charge on any atom is -0.457 e. The van der Waals surface area contributed by atoms with E-state index in [1.165, 1.54) is 0 Å². The van der Waals surface area contributed by atoms with Gasteiger partial charge in [0.25, 0.3) is 0 Å². The molecule has 0 atom stereocenters. The van der Waals surface area contributed by atoms with E-state index in [9.17, 15) is 0 Å². The highest BCUT2D eigenvalue weighted by Crippen LogP contribution is 2.33. The molecule has 0 aliphatic heterocycles. The van der Waals surface area contributed by atoms with Crippen LogP contribution in [0.3, 0.4) is 0 Å². The van der Waals surface area contributed by atoms with Crippen molar-refractivity contribution in [2.45, 2.75) is 27.2 Å². The summed E-state index contributed by atoms with van der Waals surface area (Å²) in [4.78, 5) is 6.66. The summed E-state index contributed by atoms with van der Waals surface area (Å²) in [5, 5.41) is 0.633. The Hall–Kier alpha value is -1.52. The van der Waals surface area contributed by atoms with Gasteiger partial charge in [0.1, 0.15) is 11.5 Å². The lowest BCUT2D eigenvalue weighted by molar-refractivity contribution is 0.478. The monoisotopic (exact) mass is 408 g/mol. The van der Waals surface area contributed by atoms with Crippen molar-refractivity contribution in [1.82, 2.24) is 4.90 Å². The average molecular weight is 410 g/mol. The van der Waals surface area contributed by atoms with Gasteiger partial charge < -0.3 is 9.64 Å². The third-order valence-corrected chi connectivity index (χ3v) is 4.20. The van der Waals surface area contributed by atoms with Gasteiger partial charge in [-0.25, -0.2) is 4.99 Å². The Morgan fingerprint density at radius 2 is 1.92 bits per heavy atom. The molecule has 0 unspecified atom stereocenters. The second-order valence-electron chi connectivity index (χ2n) is 5.84. The molecule has 2 aromatic rings. The van der Waals surface area contributed by atoms with Crippen LogP contribution in [0.2, 0.25) is 5.02 Å². The molecule has 3 nitrogen and oxygen atoms in total. The fourth-order valence-corrected chi connectivity index (χ4v) is 3.14. The minimum atomic E-state index is 0.633. The largest absolute Gasteiger partial charge is 0.457 e. The van der Waals surface area contributed by atoms with Crippen molar-refractivity contribution < 1.29 is 4.74 Å². The second-order valence-corrected chi connectivity index (χ2v) is 7.19. The molecule has 0 heterocycles. The van der Waals surface area contributed by atoms with Crippen LogP contribution in [-0.2, 0) is 0 Å². The van der Waals surface area contributed by atoms with E-state index in [1.54, 1.807) is 6.07 Å². The van der Waals surface area contributed by atoms with Crippen LogP contribution < -0.4 is 4.74 Å². The molecular weight excluding hydrogens is 388 g/mol. The lowest BCUT2D eigenvalue weighted by atomic mass is 10.1. The number of halogens is 2. The van der Waals surface area contributed by atoms with E-state index in [4.69, 9.17) is 16.3 Å². The van der Waals surface area contributed by atoms with Gasteiger partial charge >= 0.3 is 0 Å². The van der Waals surface area contributed by atoms with Gasteiger partial charge in [-0.2, -0.15) is 0 Å². The predicted molar refractivity (Wildman–Crippen MR) is 106 cm³/mol. The van der Waals surface area contributed by atoms with Crippen LogP contribution in [0.1, 0.15) is 24.5 Å². The maximum atomic E-state index is 6.08. The van der Waals surface area contributed by atoms with Gasteiger partial charge in [0.15, 0.2) is 0 Å². The summed E-state index contributed by atoms with van der Waals surface area (Å²) in [6, 6.07) is 9.58. The molecule has 0 saturated heterocycles. The first kappa shape index (κ1) is 18.8. The van der Waals surface area contributed by atoms with Crippen LogP contribution in [0.25, 0.3) is 0 Å². The zero-order chi connectivity index (χ0) is 17.7. The van der Waals surface area contributed by atoms with Gasteiger partial charge in [-0.1, -0.05) is 34.5 Å². The number of aliphatic imine (C=N–C) groups is 1. The molecule has 2 aromatic carbocycles. The summed E-state index contributed by atoms with van der Waals surface area (Å²) in [5.41, 5.74) is 3.05. The van der Waals surface area contributed by atoms with E-state index in [0.29, 0.717) is 10.8 Å². The Morgan fingerprint density at radius 1 is 1.17 bits per heavy atom. The number of hydrogen-bond acceptors (Lipinski definition) is 2. The molecule has 0 saturated carbocycles. The third-order valence-electron chi connectivity index (χ3n) is 3.53. The summed E-state index contributed by atoms with van der Waals surface area (Å²) in [6.07, 6.45) is 2.97. The molecule has 0 aromatic heterocycles. The number of rotatable bonds is 6. The molecule has 0 aliphatic carbocycles. The van der Waals surface area contributed by atoms with Crippen molar-refractivity contribution in [3.8, 4) is 11.5 Å². The number of hydrogen-bond donors (Lipinski definition) is 0. The van der Waals surface area contributed by atoms with Crippen LogP contribution in [0.4, 0.5) is 5.69 Å². The number of nitrogens with zero attached hydrogens (tertiary/aromatic N) is 2. The number of aryl methyl sites for hydroxylation is 2. The SMILES string of the molecule is CCCN(C)/C=N/c1cc(C)c(Oc2cc(Cl)cc(Br)c2)cc1C. The molecule has 0 radical (unpaired) electrons. The first-order valence-corrected chi connectivity index (χ1v) is 9.05. The fourth-order valence-electron chi connectivity index (χ4n) is 2.31. The van der Waals surface area contributed by atoms with Gasteiger partial charge in [-0.05, 0) is 61.7 Å². The topological polar surface area (TPSA) is 24.8 Å². The van der Waals surface area contributed by atoms with E-state index in [0.717, 1.165) is 40.0 Å². The fraction of sp³-hybridized carbons (Fsp3) is 0.316. The second kappa shape index (κ2) is 8.54. The summed E-state index contributed by atoms with van der Waals surface area (Å²) < 4.78 is 6.88. The molecule has 2 rings (SSSR count). The van der Waals surface area contributed by atoms with Crippen molar-refractivity contribution in [2.75, 3.05) is 13.6 Å². The molecule has 24 heavy (non-hydrogen) atoms. The predicted octanol–water partition coefficient (Wildman–Crippen LogP) is 6.51. The van der Waals surface area contributed by atoms with Crippen LogP contribution in [-0.4, -0.2) is 24.8 Å². The average Bonchev–Trinajstić information content (AvgIpc) is 2.48. The van der Waals surface area contributed by atoms with E-state index >= 15 is 0 Å². The van der Waals surface area contributed by atoms with Crippen molar-refractivity contribution >= 4 is 39.6 Å². The normalized spacial score (nSPS) is 11.1. The number of ether oxygens (including phenoxy) is 1. The molecule has 0 bridgehead atoms. The van der Waals surface area contributed by atoms with Crippen LogP contribution in [0.5, 0.6) is 11.5 Å². The lowest BCUT2D eigenvalue weighted by Crippen LogP contribution is -2.16. The van der Waals surface area contributed by atoms with Crippen LogP contribution in [0, 0.1) is 13.8 Å². The molecule has 0 amide bonds. The molecule has 0 aliphatic rings. The van der Waals surface area contributed by atoms with Crippen molar-refractivity contribution in [3.63, 3.8) is 0 Å². The van der Waals surface area contributed by atoms with E-state index in [-0.39, 0.29) is 0 Å². The molecule has 0 N–H and O–H groups in total. The van der Waals surface area contributed by atoms with E-state index in [1.807, 2.05) is 51.5 Å². The highest BCUT2D eigenvalue weighted by molar-refractivity contribution is 9.10. The first-order valence-electron chi connectivity index (χ1n) is 7.88. The Kier molecular flexibility index (Phi) is 6.69. The molecule has 5 heteroatoms. The number of benzene rings is 2. The smallest absolute Gasteiger partial charge is 0.130 e. The van der Waals surface area contributed by atoms with Crippen molar-refractivity contribution in [3.05, 3.63) is 51.0 Å². The summed E-state index contributed by atoms with van der Waals surface area (Å²) in [5.74, 6) is 1.51. The van der Waals surface area contributed by atoms with E-state index in [2.05, 4.69) is 32.7 Å². The Morgan fingerprint density at radius 3 is 2.58 bits per heavy atom. The quantitative estimate of drug-likeness (QED) is 0.401. The van der Waals surface area contributed by atoms with Gasteiger partial charge in [0, 0.05) is 23.1 Å². The van der Waals surface area contributed by atoms with Crippen molar-refractivity contribution in [1.29, 1.82) is 0 Å². The van der Waals surface area contributed by atoms with Crippen LogP contribution >= 0.6 is 27.5 Å².